The molecule has 3 rings (SSSR count). The lowest BCUT2D eigenvalue weighted by molar-refractivity contribution is -0.141. The summed E-state index contributed by atoms with van der Waals surface area (Å²) in [5.74, 6) is -1.04. The fraction of sp³-hybridized carbons (Fsp3) is 0.417. The third kappa shape index (κ3) is 1.79. The summed E-state index contributed by atoms with van der Waals surface area (Å²) in [6.07, 6.45) is 1.61. The van der Waals surface area contributed by atoms with E-state index < -0.39 is 5.97 Å². The van der Waals surface area contributed by atoms with Crippen molar-refractivity contribution in [2.45, 2.75) is 12.8 Å². The Morgan fingerprint density at radius 3 is 3.17 bits per heavy atom. The van der Waals surface area contributed by atoms with Crippen LogP contribution in [0.25, 0.3) is 11.0 Å². The highest BCUT2D eigenvalue weighted by Gasteiger charge is 2.26. The monoisotopic (exact) mass is 247 g/mol. The van der Waals surface area contributed by atoms with Gasteiger partial charge in [-0.05, 0) is 35.3 Å². The first-order chi connectivity index (χ1) is 8.75. The third-order valence-electron chi connectivity index (χ3n) is 3.38. The Morgan fingerprint density at radius 2 is 2.33 bits per heavy atom. The molecule has 2 heterocycles. The largest absolute Gasteiger partial charge is 0.481 e. The number of hydrogen-bond donors (Lipinski definition) is 1. The van der Waals surface area contributed by atoms with E-state index in [9.17, 15) is 4.79 Å². The molecule has 0 bridgehead atoms. The van der Waals surface area contributed by atoms with Crippen LogP contribution in [0.15, 0.2) is 22.8 Å². The molecule has 18 heavy (non-hydrogen) atoms. The van der Waals surface area contributed by atoms with Gasteiger partial charge in [-0.25, -0.2) is 4.63 Å². The Bertz CT molecular complexity index is 581. The van der Waals surface area contributed by atoms with Gasteiger partial charge in [0.15, 0.2) is 5.52 Å². The van der Waals surface area contributed by atoms with Crippen LogP contribution in [-0.2, 0) is 4.79 Å². The summed E-state index contributed by atoms with van der Waals surface area (Å²) in [4.78, 5) is 13.1. The van der Waals surface area contributed by atoms with Crippen LogP contribution < -0.4 is 4.90 Å². The van der Waals surface area contributed by atoms with E-state index in [0.717, 1.165) is 25.1 Å². The molecule has 1 aliphatic rings. The molecule has 1 fully saturated rings. The summed E-state index contributed by atoms with van der Waals surface area (Å²) < 4.78 is 4.73. The van der Waals surface area contributed by atoms with Crippen molar-refractivity contribution in [1.29, 1.82) is 0 Å². The normalized spacial score (nSPS) is 20.2. The van der Waals surface area contributed by atoms with Gasteiger partial charge in [0.2, 0.25) is 0 Å². The fourth-order valence-electron chi connectivity index (χ4n) is 2.44. The van der Waals surface area contributed by atoms with Gasteiger partial charge in [-0.3, -0.25) is 4.79 Å². The number of fused-ring (bicyclic) bond motifs is 1. The summed E-state index contributed by atoms with van der Waals surface area (Å²) in [6, 6.07) is 5.64. The minimum atomic E-state index is -0.731. The van der Waals surface area contributed by atoms with E-state index in [4.69, 9.17) is 9.74 Å². The summed E-state index contributed by atoms with van der Waals surface area (Å²) in [5.41, 5.74) is 2.30. The zero-order chi connectivity index (χ0) is 12.5. The molecular weight excluding hydrogens is 234 g/mol. The molecular formula is C12H13N3O3. The second-order valence-corrected chi connectivity index (χ2v) is 4.53. The van der Waals surface area contributed by atoms with Crippen LogP contribution in [0.4, 0.5) is 5.69 Å². The van der Waals surface area contributed by atoms with Crippen molar-refractivity contribution in [1.82, 2.24) is 10.3 Å². The average Bonchev–Trinajstić information content (AvgIpc) is 2.87. The van der Waals surface area contributed by atoms with E-state index in [1.165, 1.54) is 0 Å². The molecule has 2 aromatic rings. The van der Waals surface area contributed by atoms with Crippen molar-refractivity contribution in [2.24, 2.45) is 5.92 Å². The van der Waals surface area contributed by atoms with E-state index in [1.54, 1.807) is 0 Å². The molecule has 1 saturated heterocycles. The number of hydrogen-bond acceptors (Lipinski definition) is 5. The Balaban J connectivity index is 1.94. The van der Waals surface area contributed by atoms with Gasteiger partial charge < -0.3 is 10.0 Å². The summed E-state index contributed by atoms with van der Waals surface area (Å²) >= 11 is 0. The van der Waals surface area contributed by atoms with Crippen LogP contribution in [0, 0.1) is 5.92 Å². The summed E-state index contributed by atoms with van der Waals surface area (Å²) in [6.45, 7) is 1.36. The molecule has 1 aliphatic heterocycles. The number of aliphatic carboxylic acids is 1. The van der Waals surface area contributed by atoms with Gasteiger partial charge in [0, 0.05) is 13.1 Å². The first kappa shape index (κ1) is 11.0. The van der Waals surface area contributed by atoms with Crippen molar-refractivity contribution < 1.29 is 14.5 Å². The molecule has 0 amide bonds. The molecule has 94 valence electrons. The topological polar surface area (TPSA) is 79.5 Å². The zero-order valence-corrected chi connectivity index (χ0v) is 9.74. The van der Waals surface area contributed by atoms with Gasteiger partial charge in [-0.15, -0.1) is 0 Å². The highest BCUT2D eigenvalue weighted by Crippen LogP contribution is 2.28. The Kier molecular flexibility index (Phi) is 2.62. The van der Waals surface area contributed by atoms with Crippen LogP contribution in [-0.4, -0.2) is 34.5 Å². The van der Waals surface area contributed by atoms with Crippen LogP contribution in [0.2, 0.25) is 0 Å². The summed E-state index contributed by atoms with van der Waals surface area (Å²) in [5, 5.41) is 16.8. The smallest absolute Gasteiger partial charge is 0.308 e. The number of aromatic nitrogens is 2. The number of rotatable bonds is 2. The molecule has 1 aromatic carbocycles. The van der Waals surface area contributed by atoms with E-state index >= 15 is 0 Å². The van der Waals surface area contributed by atoms with E-state index in [2.05, 4.69) is 15.2 Å². The third-order valence-corrected chi connectivity index (χ3v) is 3.38. The molecule has 6 heteroatoms. The predicted octanol–water partition coefficient (Wildman–Crippen LogP) is 1.52. The molecule has 0 spiro atoms. The standard InChI is InChI=1S/C12H13N3O3/c16-12(17)8-3-2-6-15(7-8)10-5-1-4-9-11(10)14-18-13-9/h1,4-5,8H,2-3,6-7H2,(H,16,17). The number of carboxylic acid groups (broad SMARTS) is 1. The van der Waals surface area contributed by atoms with Crippen LogP contribution in [0.3, 0.4) is 0 Å². The molecule has 1 atom stereocenters. The summed E-state index contributed by atoms with van der Waals surface area (Å²) in [7, 11) is 0. The lowest BCUT2D eigenvalue weighted by atomic mass is 9.97. The Labute approximate surface area is 103 Å². The molecule has 0 radical (unpaired) electrons. The van der Waals surface area contributed by atoms with Crippen molar-refractivity contribution in [3.8, 4) is 0 Å². The second kappa shape index (κ2) is 4.29. The van der Waals surface area contributed by atoms with Gasteiger partial charge in [-0.2, -0.15) is 0 Å². The maximum Gasteiger partial charge on any atom is 0.308 e. The lowest BCUT2D eigenvalue weighted by Gasteiger charge is -2.32. The minimum Gasteiger partial charge on any atom is -0.481 e. The number of carbonyl (C=O) groups is 1. The maximum atomic E-state index is 11.1. The second-order valence-electron chi connectivity index (χ2n) is 4.53. The number of piperidine rings is 1. The van der Waals surface area contributed by atoms with Gasteiger partial charge >= 0.3 is 5.97 Å². The van der Waals surface area contributed by atoms with E-state index in [1.807, 2.05) is 18.2 Å². The number of anilines is 1. The van der Waals surface area contributed by atoms with Crippen LogP contribution in [0.1, 0.15) is 12.8 Å². The Hall–Kier alpha value is -2.11. The van der Waals surface area contributed by atoms with Crippen molar-refractivity contribution in [3.63, 3.8) is 0 Å². The Morgan fingerprint density at radius 1 is 1.44 bits per heavy atom. The average molecular weight is 247 g/mol. The SMILES string of the molecule is O=C(O)C1CCCN(c2cccc3nonc23)C1. The van der Waals surface area contributed by atoms with Gasteiger partial charge in [0.05, 0.1) is 11.6 Å². The first-order valence-corrected chi connectivity index (χ1v) is 5.95. The van der Waals surface area contributed by atoms with Crippen molar-refractivity contribution >= 4 is 22.7 Å². The zero-order valence-electron chi connectivity index (χ0n) is 9.74. The van der Waals surface area contributed by atoms with Crippen LogP contribution in [0.5, 0.6) is 0 Å². The predicted molar refractivity (Wildman–Crippen MR) is 64.4 cm³/mol. The first-order valence-electron chi connectivity index (χ1n) is 5.95. The van der Waals surface area contributed by atoms with E-state index in [-0.39, 0.29) is 5.92 Å². The number of benzene rings is 1. The molecule has 6 nitrogen and oxygen atoms in total. The quantitative estimate of drug-likeness (QED) is 0.866. The fourth-order valence-corrected chi connectivity index (χ4v) is 2.44. The number of carboxylic acids is 1. The van der Waals surface area contributed by atoms with Crippen molar-refractivity contribution in [3.05, 3.63) is 18.2 Å². The molecule has 0 saturated carbocycles. The highest BCUT2D eigenvalue weighted by atomic mass is 16.6. The highest BCUT2D eigenvalue weighted by molar-refractivity contribution is 5.87. The number of nitrogens with zero attached hydrogens (tertiary/aromatic N) is 3. The maximum absolute atomic E-state index is 11.1. The molecule has 1 unspecified atom stereocenters. The van der Waals surface area contributed by atoms with Gasteiger partial charge in [-0.1, -0.05) is 6.07 Å². The van der Waals surface area contributed by atoms with Gasteiger partial charge in [0.25, 0.3) is 0 Å². The van der Waals surface area contributed by atoms with Gasteiger partial charge in [0.1, 0.15) is 5.52 Å². The molecule has 1 aromatic heterocycles. The minimum absolute atomic E-state index is 0.311. The van der Waals surface area contributed by atoms with Crippen LogP contribution >= 0.6 is 0 Å². The molecule has 0 aliphatic carbocycles. The van der Waals surface area contributed by atoms with E-state index in [0.29, 0.717) is 17.6 Å². The van der Waals surface area contributed by atoms with Crippen molar-refractivity contribution in [2.75, 3.05) is 18.0 Å². The lowest BCUT2D eigenvalue weighted by Crippen LogP contribution is -2.38. The molecule has 1 N–H and O–H groups in total.